The highest BCUT2D eigenvalue weighted by molar-refractivity contribution is 6.06. The first kappa shape index (κ1) is 17.5. The van der Waals surface area contributed by atoms with E-state index in [1.165, 1.54) is 0 Å². The third-order valence-electron chi connectivity index (χ3n) is 5.15. The maximum absolute atomic E-state index is 12.8. The van der Waals surface area contributed by atoms with Crippen molar-refractivity contribution >= 4 is 17.6 Å². The zero-order valence-corrected chi connectivity index (χ0v) is 15.5. The smallest absolute Gasteiger partial charge is 0.260 e. The standard InChI is InChI=1S/C20H23N5O2/c1-12-6-7-17-15(8-12)20(26)24-18-5-3-4-16(23-18)19(21)25(22-2)14-9-13(10-14)11-27-17/h3-8,13-14,21-22H,9-11H2,1-2H3,(H,23,24,26). The van der Waals surface area contributed by atoms with Gasteiger partial charge in [-0.25, -0.2) is 10.4 Å². The number of aromatic nitrogens is 1. The van der Waals surface area contributed by atoms with Crippen molar-refractivity contribution in [3.8, 4) is 5.75 Å². The van der Waals surface area contributed by atoms with Crippen LogP contribution < -0.4 is 15.5 Å². The van der Waals surface area contributed by atoms with Crippen LogP contribution in [0.3, 0.4) is 0 Å². The Morgan fingerprint density at radius 1 is 1.30 bits per heavy atom. The predicted molar refractivity (Wildman–Crippen MR) is 103 cm³/mol. The van der Waals surface area contributed by atoms with Gasteiger partial charge in [0.25, 0.3) is 5.91 Å². The van der Waals surface area contributed by atoms with Gasteiger partial charge in [-0.15, -0.1) is 0 Å². The van der Waals surface area contributed by atoms with E-state index in [-0.39, 0.29) is 11.9 Å². The number of fused-ring (bicyclic) bond motifs is 3. The number of hydrogen-bond donors (Lipinski definition) is 3. The molecule has 4 bridgehead atoms. The Hall–Kier alpha value is -2.93. The van der Waals surface area contributed by atoms with E-state index in [0.717, 1.165) is 18.4 Å². The summed E-state index contributed by atoms with van der Waals surface area (Å²) in [6, 6.07) is 11.2. The molecule has 1 fully saturated rings. The van der Waals surface area contributed by atoms with E-state index in [0.29, 0.717) is 41.2 Å². The third kappa shape index (κ3) is 3.38. The number of nitrogens with one attached hydrogen (secondary N) is 3. The summed E-state index contributed by atoms with van der Waals surface area (Å²) in [6.45, 7) is 2.51. The molecule has 7 nitrogen and oxygen atoms in total. The average molecular weight is 365 g/mol. The predicted octanol–water partition coefficient (Wildman–Crippen LogP) is 2.58. The van der Waals surface area contributed by atoms with E-state index in [4.69, 9.17) is 10.1 Å². The van der Waals surface area contributed by atoms with Crippen molar-refractivity contribution in [1.29, 1.82) is 5.41 Å². The molecule has 0 radical (unpaired) electrons. The van der Waals surface area contributed by atoms with Crippen molar-refractivity contribution in [2.24, 2.45) is 5.92 Å². The van der Waals surface area contributed by atoms with Crippen LogP contribution in [0, 0.1) is 18.3 Å². The minimum Gasteiger partial charge on any atom is -0.492 e. The van der Waals surface area contributed by atoms with E-state index >= 15 is 0 Å². The van der Waals surface area contributed by atoms with Crippen LogP contribution in [-0.4, -0.2) is 41.4 Å². The van der Waals surface area contributed by atoms with Gasteiger partial charge in [0.2, 0.25) is 0 Å². The number of ether oxygens (including phenoxy) is 1. The van der Waals surface area contributed by atoms with E-state index in [2.05, 4.69) is 15.7 Å². The summed E-state index contributed by atoms with van der Waals surface area (Å²) < 4.78 is 5.99. The minimum absolute atomic E-state index is 0.233. The number of amidine groups is 1. The van der Waals surface area contributed by atoms with Crippen molar-refractivity contribution in [1.82, 2.24) is 15.4 Å². The number of aryl methyl sites for hydroxylation is 1. The van der Waals surface area contributed by atoms with Gasteiger partial charge in [0.1, 0.15) is 17.3 Å². The summed E-state index contributed by atoms with van der Waals surface area (Å²) in [7, 11) is 1.81. The number of pyridine rings is 1. The number of anilines is 1. The quantitative estimate of drug-likeness (QED) is 0.723. The molecule has 7 heteroatoms. The highest BCUT2D eigenvalue weighted by atomic mass is 16.5. The van der Waals surface area contributed by atoms with Gasteiger partial charge >= 0.3 is 0 Å². The van der Waals surface area contributed by atoms with Crippen LogP contribution in [-0.2, 0) is 0 Å². The van der Waals surface area contributed by atoms with Crippen LogP contribution >= 0.6 is 0 Å². The number of benzene rings is 1. The summed E-state index contributed by atoms with van der Waals surface area (Å²) in [5.41, 5.74) is 5.11. The van der Waals surface area contributed by atoms with Gasteiger partial charge in [-0.05, 0) is 49.9 Å². The van der Waals surface area contributed by atoms with E-state index in [1.807, 2.05) is 37.2 Å². The summed E-state index contributed by atoms with van der Waals surface area (Å²) in [6.07, 6.45) is 1.85. The monoisotopic (exact) mass is 365 g/mol. The molecular formula is C20H23N5O2. The number of rotatable bonds is 1. The minimum atomic E-state index is -0.265. The zero-order valence-electron chi connectivity index (χ0n) is 15.5. The van der Waals surface area contributed by atoms with Gasteiger partial charge in [0.15, 0.2) is 5.84 Å². The SMILES string of the molecule is CNN1C(=N)c2cccc(n2)NC(=O)c2cc(C)ccc2OCC2CC1C2. The topological polar surface area (TPSA) is 90.3 Å². The molecule has 1 aliphatic carbocycles. The molecule has 1 aromatic heterocycles. The van der Waals surface area contributed by atoms with Gasteiger partial charge in [-0.1, -0.05) is 17.7 Å². The number of hydrazine groups is 1. The summed E-state index contributed by atoms with van der Waals surface area (Å²) in [5, 5.41) is 13.2. The van der Waals surface area contributed by atoms with Crippen LogP contribution in [0.4, 0.5) is 5.82 Å². The lowest BCUT2D eigenvalue weighted by molar-refractivity contribution is 0.0710. The molecule has 0 saturated heterocycles. The second kappa shape index (κ2) is 7.00. The Kier molecular flexibility index (Phi) is 4.53. The molecule has 3 N–H and O–H groups in total. The highest BCUT2D eigenvalue weighted by Gasteiger charge is 2.36. The lowest BCUT2D eigenvalue weighted by Crippen LogP contribution is -2.54. The molecule has 3 heterocycles. The molecule has 2 aliphatic heterocycles. The molecule has 1 amide bonds. The van der Waals surface area contributed by atoms with Gasteiger partial charge in [0, 0.05) is 13.1 Å². The lowest BCUT2D eigenvalue weighted by Gasteiger charge is -2.43. The Balaban J connectivity index is 1.73. The maximum atomic E-state index is 12.8. The fourth-order valence-corrected chi connectivity index (χ4v) is 3.62. The molecule has 140 valence electrons. The van der Waals surface area contributed by atoms with Crippen molar-refractivity contribution in [2.45, 2.75) is 25.8 Å². The molecule has 3 aliphatic rings. The van der Waals surface area contributed by atoms with E-state index < -0.39 is 0 Å². The number of hydrogen-bond acceptors (Lipinski definition) is 5. The summed E-state index contributed by atoms with van der Waals surface area (Å²) in [5.74, 6) is 1.44. The van der Waals surface area contributed by atoms with Crippen molar-refractivity contribution in [2.75, 3.05) is 19.0 Å². The van der Waals surface area contributed by atoms with Crippen molar-refractivity contribution < 1.29 is 9.53 Å². The van der Waals surface area contributed by atoms with Gasteiger partial charge in [-0.3, -0.25) is 15.2 Å². The maximum Gasteiger partial charge on any atom is 0.260 e. The largest absolute Gasteiger partial charge is 0.492 e. The highest BCUT2D eigenvalue weighted by Crippen LogP contribution is 2.33. The molecule has 27 heavy (non-hydrogen) atoms. The molecule has 2 aromatic rings. The molecule has 0 spiro atoms. The molecule has 1 saturated carbocycles. The number of carbonyl (C=O) groups excluding carboxylic acids is 1. The lowest BCUT2D eigenvalue weighted by atomic mass is 9.80. The molecular weight excluding hydrogens is 342 g/mol. The van der Waals surface area contributed by atoms with Gasteiger partial charge < -0.3 is 10.1 Å². The first-order valence-electron chi connectivity index (χ1n) is 9.12. The van der Waals surface area contributed by atoms with Crippen LogP contribution in [0.5, 0.6) is 5.75 Å². The van der Waals surface area contributed by atoms with Crippen molar-refractivity contribution in [3.63, 3.8) is 0 Å². The van der Waals surface area contributed by atoms with E-state index in [1.54, 1.807) is 18.2 Å². The summed E-state index contributed by atoms with van der Waals surface area (Å²) in [4.78, 5) is 17.3. The molecule has 5 rings (SSSR count). The average Bonchev–Trinajstić information content (AvgIpc) is 2.63. The first-order chi connectivity index (χ1) is 13.0. The molecule has 0 atom stereocenters. The second-order valence-electron chi connectivity index (χ2n) is 7.11. The third-order valence-corrected chi connectivity index (χ3v) is 5.15. The Morgan fingerprint density at radius 3 is 2.89 bits per heavy atom. The van der Waals surface area contributed by atoms with E-state index in [9.17, 15) is 4.79 Å². The van der Waals surface area contributed by atoms with Crippen LogP contribution in [0.1, 0.15) is 34.5 Å². The second-order valence-corrected chi connectivity index (χ2v) is 7.11. The first-order valence-corrected chi connectivity index (χ1v) is 9.12. The normalized spacial score (nSPS) is 22.1. The zero-order chi connectivity index (χ0) is 19.0. The van der Waals surface area contributed by atoms with Gasteiger partial charge in [0.05, 0.1) is 12.2 Å². The fraction of sp³-hybridized carbons (Fsp3) is 0.350. The molecule has 1 aromatic carbocycles. The Morgan fingerprint density at radius 2 is 2.11 bits per heavy atom. The van der Waals surface area contributed by atoms with Crippen LogP contribution in [0.25, 0.3) is 0 Å². The fourth-order valence-electron chi connectivity index (χ4n) is 3.62. The van der Waals surface area contributed by atoms with Crippen LogP contribution in [0.15, 0.2) is 36.4 Å². The van der Waals surface area contributed by atoms with Crippen molar-refractivity contribution in [3.05, 3.63) is 53.2 Å². The summed E-state index contributed by atoms with van der Waals surface area (Å²) >= 11 is 0. The Bertz CT molecular complexity index is 892. The van der Waals surface area contributed by atoms with Crippen LogP contribution in [0.2, 0.25) is 0 Å². The number of nitrogens with zero attached hydrogens (tertiary/aromatic N) is 2. The molecule has 0 unspecified atom stereocenters. The number of carbonyl (C=O) groups is 1. The number of amides is 1. The van der Waals surface area contributed by atoms with Gasteiger partial charge in [-0.2, -0.15) is 0 Å². The Labute approximate surface area is 158 Å².